The molecule has 0 atom stereocenters. The first-order valence-electron chi connectivity index (χ1n) is 7.98. The van der Waals surface area contributed by atoms with E-state index in [1.807, 2.05) is 24.5 Å². The maximum absolute atomic E-state index is 6.11. The molecule has 1 aliphatic heterocycles. The summed E-state index contributed by atoms with van der Waals surface area (Å²) in [6.07, 6.45) is 4.92. The van der Waals surface area contributed by atoms with Gasteiger partial charge in [-0.2, -0.15) is 0 Å². The monoisotopic (exact) mass is 349 g/mol. The third kappa shape index (κ3) is 4.92. The Balaban J connectivity index is 1.54. The molecule has 0 N–H and O–H groups in total. The summed E-state index contributed by atoms with van der Waals surface area (Å²) < 4.78 is 0. The van der Waals surface area contributed by atoms with Gasteiger partial charge in [-0.05, 0) is 54.9 Å². The Labute approximate surface area is 147 Å². The van der Waals surface area contributed by atoms with E-state index >= 15 is 0 Å². The molecule has 0 bridgehead atoms. The SMILES string of the molecule is Clc1ccc(CN2CCCN(Cc3ccncc3)CC2)cc1Cl. The van der Waals surface area contributed by atoms with Gasteiger partial charge in [0.25, 0.3) is 0 Å². The lowest BCUT2D eigenvalue weighted by atomic mass is 10.2. The van der Waals surface area contributed by atoms with Crippen LogP contribution in [0.3, 0.4) is 0 Å². The standard InChI is InChI=1S/C18H21Cl2N3/c19-17-3-2-16(12-18(17)20)14-23-9-1-8-22(10-11-23)13-15-4-6-21-7-5-15/h2-7,12H,1,8-11,13-14H2. The number of hydrogen-bond acceptors (Lipinski definition) is 3. The number of aromatic nitrogens is 1. The molecule has 2 heterocycles. The fourth-order valence-electron chi connectivity index (χ4n) is 2.98. The van der Waals surface area contributed by atoms with Gasteiger partial charge in [0.2, 0.25) is 0 Å². The van der Waals surface area contributed by atoms with Crippen LogP contribution in [0.2, 0.25) is 10.0 Å². The quantitative estimate of drug-likeness (QED) is 0.828. The maximum atomic E-state index is 6.11. The molecular formula is C18H21Cl2N3. The molecule has 3 rings (SSSR count). The number of benzene rings is 1. The predicted molar refractivity (Wildman–Crippen MR) is 95.9 cm³/mol. The molecule has 122 valence electrons. The summed E-state index contributed by atoms with van der Waals surface area (Å²) in [5.41, 5.74) is 2.56. The zero-order chi connectivity index (χ0) is 16.1. The third-order valence-electron chi connectivity index (χ3n) is 4.23. The molecule has 1 saturated heterocycles. The maximum Gasteiger partial charge on any atom is 0.0595 e. The van der Waals surface area contributed by atoms with Gasteiger partial charge >= 0.3 is 0 Å². The van der Waals surface area contributed by atoms with Crippen LogP contribution < -0.4 is 0 Å². The molecule has 2 aromatic rings. The van der Waals surface area contributed by atoms with Gasteiger partial charge in [-0.3, -0.25) is 14.8 Å². The first-order valence-corrected chi connectivity index (χ1v) is 8.74. The van der Waals surface area contributed by atoms with Crippen LogP contribution in [0.15, 0.2) is 42.7 Å². The van der Waals surface area contributed by atoms with E-state index in [2.05, 4.69) is 33.0 Å². The Morgan fingerprint density at radius 3 is 2.09 bits per heavy atom. The van der Waals surface area contributed by atoms with Crippen LogP contribution in [0.4, 0.5) is 0 Å². The molecule has 0 aliphatic carbocycles. The Morgan fingerprint density at radius 1 is 0.783 bits per heavy atom. The van der Waals surface area contributed by atoms with Crippen molar-refractivity contribution in [3.8, 4) is 0 Å². The van der Waals surface area contributed by atoms with Crippen molar-refractivity contribution in [3.05, 3.63) is 63.9 Å². The highest BCUT2D eigenvalue weighted by atomic mass is 35.5. The van der Waals surface area contributed by atoms with Gasteiger partial charge in [0.15, 0.2) is 0 Å². The van der Waals surface area contributed by atoms with Crippen LogP contribution in [0.25, 0.3) is 0 Å². The minimum absolute atomic E-state index is 0.620. The zero-order valence-corrected chi connectivity index (χ0v) is 14.6. The van der Waals surface area contributed by atoms with E-state index in [4.69, 9.17) is 23.2 Å². The van der Waals surface area contributed by atoms with Crippen molar-refractivity contribution >= 4 is 23.2 Å². The van der Waals surface area contributed by atoms with Crippen molar-refractivity contribution in [1.82, 2.24) is 14.8 Å². The van der Waals surface area contributed by atoms with E-state index < -0.39 is 0 Å². The molecule has 1 aliphatic rings. The van der Waals surface area contributed by atoms with E-state index in [1.54, 1.807) is 0 Å². The first-order chi connectivity index (χ1) is 11.2. The van der Waals surface area contributed by atoms with Crippen LogP contribution in [-0.4, -0.2) is 41.0 Å². The van der Waals surface area contributed by atoms with E-state index in [0.29, 0.717) is 10.0 Å². The van der Waals surface area contributed by atoms with Crippen molar-refractivity contribution in [2.45, 2.75) is 19.5 Å². The van der Waals surface area contributed by atoms with Crippen molar-refractivity contribution < 1.29 is 0 Å². The lowest BCUT2D eigenvalue weighted by Gasteiger charge is -2.22. The highest BCUT2D eigenvalue weighted by Gasteiger charge is 2.15. The second kappa shape index (κ2) is 8.11. The lowest BCUT2D eigenvalue weighted by Crippen LogP contribution is -2.30. The highest BCUT2D eigenvalue weighted by Crippen LogP contribution is 2.23. The van der Waals surface area contributed by atoms with Crippen LogP contribution in [-0.2, 0) is 13.1 Å². The van der Waals surface area contributed by atoms with E-state index in [9.17, 15) is 0 Å². The number of halogens is 2. The summed E-state index contributed by atoms with van der Waals surface area (Å²) in [5, 5.41) is 1.26. The Morgan fingerprint density at radius 2 is 1.43 bits per heavy atom. The Hall–Kier alpha value is -1.13. The molecule has 0 amide bonds. The normalized spacial score (nSPS) is 17.1. The lowest BCUT2D eigenvalue weighted by molar-refractivity contribution is 0.247. The van der Waals surface area contributed by atoms with Gasteiger partial charge in [-0.15, -0.1) is 0 Å². The largest absolute Gasteiger partial charge is 0.298 e. The van der Waals surface area contributed by atoms with E-state index in [-0.39, 0.29) is 0 Å². The van der Waals surface area contributed by atoms with Crippen LogP contribution in [0.1, 0.15) is 17.5 Å². The first kappa shape index (κ1) is 16.7. The van der Waals surface area contributed by atoms with Gasteiger partial charge in [-0.25, -0.2) is 0 Å². The number of rotatable bonds is 4. The van der Waals surface area contributed by atoms with Crippen LogP contribution in [0.5, 0.6) is 0 Å². The summed E-state index contributed by atoms with van der Waals surface area (Å²) in [6.45, 7) is 6.35. The number of hydrogen-bond donors (Lipinski definition) is 0. The zero-order valence-electron chi connectivity index (χ0n) is 13.1. The average molecular weight is 350 g/mol. The molecule has 1 fully saturated rings. The summed E-state index contributed by atoms with van der Waals surface area (Å²) >= 11 is 12.1. The van der Waals surface area contributed by atoms with Crippen molar-refractivity contribution in [3.63, 3.8) is 0 Å². The summed E-state index contributed by atoms with van der Waals surface area (Å²) in [7, 11) is 0. The Bertz CT molecular complexity index is 633. The molecule has 1 aromatic carbocycles. The minimum atomic E-state index is 0.620. The fourth-order valence-corrected chi connectivity index (χ4v) is 3.30. The van der Waals surface area contributed by atoms with Gasteiger partial charge in [-0.1, -0.05) is 29.3 Å². The van der Waals surface area contributed by atoms with Gasteiger partial charge in [0.05, 0.1) is 10.0 Å². The summed E-state index contributed by atoms with van der Waals surface area (Å²) in [6, 6.07) is 10.1. The smallest absolute Gasteiger partial charge is 0.0595 e. The third-order valence-corrected chi connectivity index (χ3v) is 4.97. The van der Waals surface area contributed by atoms with E-state index in [1.165, 1.54) is 17.5 Å². The van der Waals surface area contributed by atoms with E-state index in [0.717, 1.165) is 39.3 Å². The molecule has 0 radical (unpaired) electrons. The van der Waals surface area contributed by atoms with Crippen LogP contribution >= 0.6 is 23.2 Å². The van der Waals surface area contributed by atoms with Crippen molar-refractivity contribution in [2.75, 3.05) is 26.2 Å². The average Bonchev–Trinajstić information content (AvgIpc) is 2.77. The highest BCUT2D eigenvalue weighted by molar-refractivity contribution is 6.42. The Kier molecular flexibility index (Phi) is 5.90. The van der Waals surface area contributed by atoms with Crippen molar-refractivity contribution in [1.29, 1.82) is 0 Å². The van der Waals surface area contributed by atoms with Gasteiger partial charge in [0.1, 0.15) is 0 Å². The molecule has 5 heteroatoms. The van der Waals surface area contributed by atoms with Crippen molar-refractivity contribution in [2.24, 2.45) is 0 Å². The van der Waals surface area contributed by atoms with Crippen LogP contribution in [0, 0.1) is 0 Å². The molecule has 3 nitrogen and oxygen atoms in total. The number of nitrogens with zero attached hydrogens (tertiary/aromatic N) is 3. The number of pyridine rings is 1. The summed E-state index contributed by atoms with van der Waals surface area (Å²) in [5.74, 6) is 0. The molecule has 0 saturated carbocycles. The second-order valence-electron chi connectivity index (χ2n) is 6.01. The molecule has 0 spiro atoms. The topological polar surface area (TPSA) is 19.4 Å². The molecule has 23 heavy (non-hydrogen) atoms. The van der Waals surface area contributed by atoms with Gasteiger partial charge in [0, 0.05) is 38.6 Å². The summed E-state index contributed by atoms with van der Waals surface area (Å²) in [4.78, 5) is 9.09. The van der Waals surface area contributed by atoms with Gasteiger partial charge < -0.3 is 0 Å². The molecule has 1 aromatic heterocycles. The fraction of sp³-hybridized carbons (Fsp3) is 0.389. The minimum Gasteiger partial charge on any atom is -0.298 e. The predicted octanol–water partition coefficient (Wildman–Crippen LogP) is 4.10. The molecule has 0 unspecified atom stereocenters. The second-order valence-corrected chi connectivity index (χ2v) is 6.82. The molecular weight excluding hydrogens is 329 g/mol.